The molecule has 0 aliphatic heterocycles. The topological polar surface area (TPSA) is 96.3 Å². The Bertz CT molecular complexity index is 716. The van der Waals surface area contributed by atoms with Crippen molar-refractivity contribution >= 4 is 21.4 Å². The maximum absolute atomic E-state index is 12.4. The Labute approximate surface area is 136 Å². The highest BCUT2D eigenvalue weighted by Crippen LogP contribution is 2.38. The summed E-state index contributed by atoms with van der Waals surface area (Å²) in [5.74, 6) is 0.121. The first kappa shape index (κ1) is 17.3. The minimum absolute atomic E-state index is 0.0539. The third kappa shape index (κ3) is 4.70. The highest BCUT2D eigenvalue weighted by Gasteiger charge is 2.41. The molecular formula is C16H20N2O4S. The molecule has 1 N–H and O–H groups in total. The monoisotopic (exact) mass is 336 g/mol. The molecule has 1 saturated carbocycles. The zero-order valence-corrected chi connectivity index (χ0v) is 13.9. The molecule has 124 valence electrons. The maximum Gasteiger partial charge on any atom is 0.244 e. The van der Waals surface area contributed by atoms with Crippen LogP contribution in [0.2, 0.25) is 0 Å². The van der Waals surface area contributed by atoms with Gasteiger partial charge in [0.25, 0.3) is 0 Å². The lowest BCUT2D eigenvalue weighted by atomic mass is 9.87. The highest BCUT2D eigenvalue weighted by atomic mass is 32.2. The number of carbonyl (C=O) groups excluding carboxylic acids is 1. The van der Waals surface area contributed by atoms with Gasteiger partial charge in [0.2, 0.25) is 5.91 Å². The van der Waals surface area contributed by atoms with E-state index in [2.05, 4.69) is 11.4 Å². The van der Waals surface area contributed by atoms with E-state index in [1.54, 1.807) is 24.3 Å². The summed E-state index contributed by atoms with van der Waals surface area (Å²) in [6.45, 7) is 0.0539. The van der Waals surface area contributed by atoms with Crippen molar-refractivity contribution in [1.82, 2.24) is 0 Å². The number of amides is 1. The third-order valence-corrected chi connectivity index (χ3v) is 4.83. The normalized spacial score (nSPS) is 16.5. The van der Waals surface area contributed by atoms with Gasteiger partial charge in [-0.25, -0.2) is 8.42 Å². The molecule has 7 heteroatoms. The predicted molar refractivity (Wildman–Crippen MR) is 86.8 cm³/mol. The van der Waals surface area contributed by atoms with Crippen molar-refractivity contribution < 1.29 is 17.9 Å². The van der Waals surface area contributed by atoms with Crippen molar-refractivity contribution in [2.45, 2.75) is 25.7 Å². The van der Waals surface area contributed by atoms with Crippen molar-refractivity contribution in [2.75, 3.05) is 23.9 Å². The third-order valence-electron chi connectivity index (χ3n) is 3.92. The molecule has 0 radical (unpaired) electrons. The van der Waals surface area contributed by atoms with Crippen LogP contribution in [0.3, 0.4) is 0 Å². The van der Waals surface area contributed by atoms with E-state index in [9.17, 15) is 18.5 Å². The van der Waals surface area contributed by atoms with Crippen molar-refractivity contribution in [1.29, 1.82) is 5.26 Å². The maximum atomic E-state index is 12.4. The second-order valence-corrected chi connectivity index (χ2v) is 8.12. The molecule has 0 spiro atoms. The lowest BCUT2D eigenvalue weighted by Gasteiger charge is -2.19. The number of nitrogens with zero attached hydrogens (tertiary/aromatic N) is 1. The SMILES string of the molecule is CS(=O)(=O)CCOc1cccc(NC(=O)C2(C#N)CCCC2)c1. The Morgan fingerprint density at radius 1 is 1.39 bits per heavy atom. The number of hydrogen-bond acceptors (Lipinski definition) is 5. The Balaban J connectivity index is 2.00. The van der Waals surface area contributed by atoms with Gasteiger partial charge in [0.05, 0.1) is 11.8 Å². The Morgan fingerprint density at radius 2 is 2.09 bits per heavy atom. The van der Waals surface area contributed by atoms with Gasteiger partial charge in [0.15, 0.2) is 9.84 Å². The summed E-state index contributed by atoms with van der Waals surface area (Å²) in [5, 5.41) is 12.1. The summed E-state index contributed by atoms with van der Waals surface area (Å²) in [7, 11) is -3.08. The Hall–Kier alpha value is -2.07. The van der Waals surface area contributed by atoms with Gasteiger partial charge in [0, 0.05) is 18.0 Å². The fourth-order valence-corrected chi connectivity index (χ4v) is 2.98. The van der Waals surface area contributed by atoms with Gasteiger partial charge in [-0.3, -0.25) is 4.79 Å². The minimum Gasteiger partial charge on any atom is -0.492 e. The van der Waals surface area contributed by atoms with E-state index in [-0.39, 0.29) is 18.3 Å². The summed E-state index contributed by atoms with van der Waals surface area (Å²) in [5.41, 5.74) is -0.402. The molecule has 1 aromatic carbocycles. The molecule has 0 aromatic heterocycles. The molecule has 1 aliphatic rings. The van der Waals surface area contributed by atoms with Crippen LogP contribution in [0.1, 0.15) is 25.7 Å². The fourth-order valence-electron chi connectivity index (χ4n) is 2.59. The van der Waals surface area contributed by atoms with Crippen LogP contribution in [0.25, 0.3) is 0 Å². The number of nitrogens with one attached hydrogen (secondary N) is 1. The number of sulfone groups is 1. The summed E-state index contributed by atoms with van der Waals surface area (Å²) in [4.78, 5) is 12.4. The van der Waals surface area contributed by atoms with Crippen molar-refractivity contribution in [3.63, 3.8) is 0 Å². The quantitative estimate of drug-likeness (QED) is 0.858. The minimum atomic E-state index is -3.08. The van der Waals surface area contributed by atoms with Crippen molar-refractivity contribution in [2.24, 2.45) is 5.41 Å². The van der Waals surface area contributed by atoms with E-state index in [4.69, 9.17) is 4.74 Å². The van der Waals surface area contributed by atoms with Gasteiger partial charge in [0.1, 0.15) is 17.8 Å². The van der Waals surface area contributed by atoms with Gasteiger partial charge >= 0.3 is 0 Å². The molecule has 6 nitrogen and oxygen atoms in total. The van der Waals surface area contributed by atoms with Crippen LogP contribution >= 0.6 is 0 Å². The number of anilines is 1. The van der Waals surface area contributed by atoms with Gasteiger partial charge < -0.3 is 10.1 Å². The summed E-state index contributed by atoms with van der Waals surface area (Å²) in [6, 6.07) is 8.88. The van der Waals surface area contributed by atoms with Crippen LogP contribution in [-0.2, 0) is 14.6 Å². The number of rotatable bonds is 6. The lowest BCUT2D eigenvalue weighted by molar-refractivity contribution is -0.122. The molecule has 1 fully saturated rings. The number of benzene rings is 1. The van der Waals surface area contributed by atoms with E-state index in [0.717, 1.165) is 19.1 Å². The lowest BCUT2D eigenvalue weighted by Crippen LogP contribution is -2.32. The molecule has 0 bridgehead atoms. The first-order valence-corrected chi connectivity index (χ1v) is 9.54. The molecule has 1 aromatic rings. The largest absolute Gasteiger partial charge is 0.492 e. The Morgan fingerprint density at radius 3 is 2.70 bits per heavy atom. The van der Waals surface area contributed by atoms with Crippen molar-refractivity contribution in [3.8, 4) is 11.8 Å². The van der Waals surface area contributed by atoms with Crippen LogP contribution in [-0.4, -0.2) is 32.9 Å². The van der Waals surface area contributed by atoms with Crippen LogP contribution in [0.15, 0.2) is 24.3 Å². The van der Waals surface area contributed by atoms with E-state index < -0.39 is 15.3 Å². The fraction of sp³-hybridized carbons (Fsp3) is 0.500. The number of hydrogen-bond donors (Lipinski definition) is 1. The van der Waals surface area contributed by atoms with E-state index in [1.165, 1.54) is 0 Å². The number of nitriles is 1. The molecule has 0 saturated heterocycles. The van der Waals surface area contributed by atoms with Gasteiger partial charge in [-0.15, -0.1) is 0 Å². The highest BCUT2D eigenvalue weighted by molar-refractivity contribution is 7.90. The van der Waals surface area contributed by atoms with Crippen LogP contribution in [0.4, 0.5) is 5.69 Å². The molecule has 0 heterocycles. The van der Waals surface area contributed by atoms with Crippen LogP contribution < -0.4 is 10.1 Å². The average molecular weight is 336 g/mol. The van der Waals surface area contributed by atoms with E-state index >= 15 is 0 Å². The van der Waals surface area contributed by atoms with Gasteiger partial charge in [-0.2, -0.15) is 5.26 Å². The Kier molecular flexibility index (Phi) is 5.26. The zero-order chi connectivity index (χ0) is 16.9. The zero-order valence-electron chi connectivity index (χ0n) is 13.0. The molecule has 1 aliphatic carbocycles. The van der Waals surface area contributed by atoms with Crippen molar-refractivity contribution in [3.05, 3.63) is 24.3 Å². The number of ether oxygens (including phenoxy) is 1. The summed E-state index contributed by atoms with van der Waals surface area (Å²) >= 11 is 0. The molecule has 2 rings (SSSR count). The molecular weight excluding hydrogens is 316 g/mol. The second-order valence-electron chi connectivity index (χ2n) is 5.86. The van der Waals surface area contributed by atoms with E-state index in [0.29, 0.717) is 24.3 Å². The number of carbonyl (C=O) groups is 1. The average Bonchev–Trinajstić information content (AvgIpc) is 2.96. The summed E-state index contributed by atoms with van der Waals surface area (Å²) in [6.07, 6.45) is 4.08. The molecule has 0 unspecified atom stereocenters. The smallest absolute Gasteiger partial charge is 0.244 e. The van der Waals surface area contributed by atoms with Crippen LogP contribution in [0, 0.1) is 16.7 Å². The standard InChI is InChI=1S/C16H20N2O4S/c1-23(20,21)10-9-22-14-6-4-5-13(11-14)18-15(19)16(12-17)7-2-3-8-16/h4-6,11H,2-3,7-10H2,1H3,(H,18,19). The second kappa shape index (κ2) is 7.01. The first-order chi connectivity index (χ1) is 10.8. The molecule has 23 heavy (non-hydrogen) atoms. The van der Waals surface area contributed by atoms with Gasteiger partial charge in [-0.1, -0.05) is 18.9 Å². The van der Waals surface area contributed by atoms with Crippen LogP contribution in [0.5, 0.6) is 5.75 Å². The first-order valence-electron chi connectivity index (χ1n) is 7.48. The predicted octanol–water partition coefficient (Wildman–Crippen LogP) is 2.13. The molecule has 0 atom stereocenters. The summed E-state index contributed by atoms with van der Waals surface area (Å²) < 4.78 is 27.5. The molecule has 1 amide bonds. The van der Waals surface area contributed by atoms with Gasteiger partial charge in [-0.05, 0) is 25.0 Å². The van der Waals surface area contributed by atoms with E-state index in [1.807, 2.05) is 0 Å².